The van der Waals surface area contributed by atoms with Crippen LogP contribution >= 0.6 is 0 Å². The second-order valence-corrected chi connectivity index (χ2v) is 10.2. The molecule has 0 unspecified atom stereocenters. The Balaban J connectivity index is 1.29. The van der Waals surface area contributed by atoms with Gasteiger partial charge in [-0.25, -0.2) is 19.9 Å². The third-order valence-corrected chi connectivity index (χ3v) is 7.64. The van der Waals surface area contributed by atoms with Gasteiger partial charge in [-0.2, -0.15) is 0 Å². The van der Waals surface area contributed by atoms with Crippen LogP contribution in [0.5, 0.6) is 0 Å². The number of hydrogen-bond acceptors (Lipinski definition) is 9. The Morgan fingerprint density at radius 3 is 2.71 bits per heavy atom. The zero-order chi connectivity index (χ0) is 24.2. The van der Waals surface area contributed by atoms with Gasteiger partial charge in [-0.05, 0) is 46.0 Å². The topological polar surface area (TPSA) is 110 Å². The Morgan fingerprint density at radius 1 is 1.17 bits per heavy atom. The number of aromatic nitrogens is 4. The molecule has 1 amide bonds. The number of carbonyl (C=O) groups is 1. The molecule has 1 aliphatic carbocycles. The summed E-state index contributed by atoms with van der Waals surface area (Å²) in [6.45, 7) is 6.56. The van der Waals surface area contributed by atoms with Crippen LogP contribution in [0, 0.1) is 6.92 Å². The minimum atomic E-state index is -0.0800. The van der Waals surface area contributed by atoms with Crippen molar-refractivity contribution in [2.24, 2.45) is 0 Å². The van der Waals surface area contributed by atoms with Crippen LogP contribution in [0.1, 0.15) is 60.0 Å². The summed E-state index contributed by atoms with van der Waals surface area (Å²) in [5.41, 5.74) is 3.02. The van der Waals surface area contributed by atoms with Crippen molar-refractivity contribution < 1.29 is 13.9 Å². The number of amides is 1. The first-order chi connectivity index (χ1) is 16.9. The maximum atomic E-state index is 13.8. The molecular formula is C25H31N7O3. The van der Waals surface area contributed by atoms with E-state index in [2.05, 4.69) is 44.1 Å². The highest BCUT2D eigenvalue weighted by atomic mass is 16.5. The van der Waals surface area contributed by atoms with E-state index in [9.17, 15) is 4.79 Å². The van der Waals surface area contributed by atoms with Gasteiger partial charge < -0.3 is 24.3 Å². The number of rotatable bonds is 5. The van der Waals surface area contributed by atoms with Gasteiger partial charge in [0.1, 0.15) is 30.1 Å². The number of ether oxygens (including phenoxy) is 1. The van der Waals surface area contributed by atoms with Crippen LogP contribution < -0.4 is 10.2 Å². The van der Waals surface area contributed by atoms with Gasteiger partial charge in [-0.15, -0.1) is 0 Å². The number of nitrogens with zero attached hydrogens (tertiary/aromatic N) is 6. The SMILES string of the molecule is Cc1oc2ncnc(NC3(C)CC3)c2c1C(=O)N1CCc2c(ncnc2N(C)C2CCOCC2)C1. The molecule has 3 aromatic heterocycles. The van der Waals surface area contributed by atoms with E-state index < -0.39 is 0 Å². The third-order valence-electron chi connectivity index (χ3n) is 7.64. The third kappa shape index (κ3) is 3.99. The molecule has 10 heteroatoms. The summed E-state index contributed by atoms with van der Waals surface area (Å²) in [5, 5.41) is 4.16. The molecule has 3 aliphatic rings. The Kier molecular flexibility index (Phi) is 5.36. The summed E-state index contributed by atoms with van der Waals surface area (Å²) in [5.74, 6) is 2.11. The highest BCUT2D eigenvalue weighted by Gasteiger charge is 2.39. The van der Waals surface area contributed by atoms with Crippen molar-refractivity contribution in [3.05, 3.63) is 35.2 Å². The van der Waals surface area contributed by atoms with E-state index in [-0.39, 0.29) is 11.4 Å². The predicted octanol–water partition coefficient (Wildman–Crippen LogP) is 3.10. The van der Waals surface area contributed by atoms with Crippen LogP contribution in [-0.4, -0.2) is 69.1 Å². The van der Waals surface area contributed by atoms with E-state index in [1.807, 2.05) is 11.8 Å². The van der Waals surface area contributed by atoms with Crippen LogP contribution in [0.2, 0.25) is 0 Å². The lowest BCUT2D eigenvalue weighted by Gasteiger charge is -2.35. The molecule has 3 aromatic rings. The summed E-state index contributed by atoms with van der Waals surface area (Å²) >= 11 is 0. The van der Waals surface area contributed by atoms with Gasteiger partial charge >= 0.3 is 0 Å². The number of hydrogen-bond donors (Lipinski definition) is 1. The normalized spacial score (nSPS) is 19.5. The number of nitrogens with one attached hydrogen (secondary N) is 1. The fourth-order valence-corrected chi connectivity index (χ4v) is 5.21. The minimum absolute atomic E-state index is 0.0145. The van der Waals surface area contributed by atoms with E-state index >= 15 is 0 Å². The molecule has 35 heavy (non-hydrogen) atoms. The molecule has 0 radical (unpaired) electrons. The van der Waals surface area contributed by atoms with Gasteiger partial charge in [0.05, 0.1) is 23.2 Å². The summed E-state index contributed by atoms with van der Waals surface area (Å²) in [6.07, 6.45) is 7.94. The Labute approximate surface area is 204 Å². The molecule has 0 aromatic carbocycles. The molecule has 5 heterocycles. The molecule has 2 aliphatic heterocycles. The standard InChI is InChI=1S/C25H31N7O3/c1-15-19(20-21(30-25(2)7-8-25)27-14-29-23(20)35-15)24(33)32-9-4-17-18(12-32)26-13-28-22(17)31(3)16-5-10-34-11-6-16/h13-14,16H,4-12H2,1-3H3,(H,27,29,30). The monoisotopic (exact) mass is 477 g/mol. The molecule has 0 bridgehead atoms. The summed E-state index contributed by atoms with van der Waals surface area (Å²) in [7, 11) is 2.10. The largest absolute Gasteiger partial charge is 0.442 e. The quantitative estimate of drug-likeness (QED) is 0.593. The van der Waals surface area contributed by atoms with Crippen molar-refractivity contribution >= 4 is 28.6 Å². The first kappa shape index (κ1) is 22.2. The maximum Gasteiger partial charge on any atom is 0.258 e. The van der Waals surface area contributed by atoms with E-state index in [0.717, 1.165) is 56.0 Å². The van der Waals surface area contributed by atoms with Crippen molar-refractivity contribution in [1.82, 2.24) is 24.8 Å². The molecule has 1 saturated carbocycles. The predicted molar refractivity (Wildman–Crippen MR) is 131 cm³/mol. The Bertz CT molecular complexity index is 1280. The second kappa shape index (κ2) is 8.44. The lowest BCUT2D eigenvalue weighted by molar-refractivity contribution is 0.0730. The summed E-state index contributed by atoms with van der Waals surface area (Å²) < 4.78 is 11.4. The van der Waals surface area contributed by atoms with E-state index in [1.54, 1.807) is 6.33 Å². The number of furan rings is 1. The minimum Gasteiger partial charge on any atom is -0.442 e. The van der Waals surface area contributed by atoms with Gasteiger partial charge in [0.2, 0.25) is 5.71 Å². The molecule has 1 saturated heterocycles. The van der Waals surface area contributed by atoms with Crippen LogP contribution in [0.15, 0.2) is 17.1 Å². The molecule has 0 spiro atoms. The van der Waals surface area contributed by atoms with Crippen molar-refractivity contribution in [3.8, 4) is 0 Å². The molecule has 0 atom stereocenters. The maximum absolute atomic E-state index is 13.8. The van der Waals surface area contributed by atoms with Crippen LogP contribution in [0.25, 0.3) is 11.1 Å². The summed E-state index contributed by atoms with van der Waals surface area (Å²) in [4.78, 5) is 35.9. The van der Waals surface area contributed by atoms with Gasteiger partial charge in [0.25, 0.3) is 5.91 Å². The highest BCUT2D eigenvalue weighted by molar-refractivity contribution is 6.10. The van der Waals surface area contributed by atoms with Gasteiger partial charge in [-0.1, -0.05) is 0 Å². The second-order valence-electron chi connectivity index (χ2n) is 10.2. The number of carbonyl (C=O) groups excluding carboxylic acids is 1. The van der Waals surface area contributed by atoms with E-state index in [4.69, 9.17) is 9.15 Å². The molecule has 184 valence electrons. The molecular weight excluding hydrogens is 446 g/mol. The van der Waals surface area contributed by atoms with Crippen molar-refractivity contribution in [2.45, 2.75) is 64.1 Å². The van der Waals surface area contributed by atoms with Gasteiger partial charge in [-0.3, -0.25) is 4.79 Å². The first-order valence-electron chi connectivity index (χ1n) is 12.4. The van der Waals surface area contributed by atoms with E-state index in [0.29, 0.717) is 53.8 Å². The molecule has 1 N–H and O–H groups in total. The molecule has 2 fully saturated rings. The zero-order valence-corrected chi connectivity index (χ0v) is 20.5. The number of aryl methyl sites for hydroxylation is 1. The fraction of sp³-hybridized carbons (Fsp3) is 0.560. The fourth-order valence-electron chi connectivity index (χ4n) is 5.21. The Morgan fingerprint density at radius 2 is 1.94 bits per heavy atom. The van der Waals surface area contributed by atoms with Crippen LogP contribution in [0.3, 0.4) is 0 Å². The van der Waals surface area contributed by atoms with Gasteiger partial charge in [0, 0.05) is 44.0 Å². The van der Waals surface area contributed by atoms with E-state index in [1.165, 1.54) is 6.33 Å². The molecule has 10 nitrogen and oxygen atoms in total. The smallest absolute Gasteiger partial charge is 0.258 e. The number of anilines is 2. The highest BCUT2D eigenvalue weighted by Crippen LogP contribution is 2.40. The van der Waals surface area contributed by atoms with Crippen LogP contribution in [0.4, 0.5) is 11.6 Å². The average molecular weight is 478 g/mol. The van der Waals surface area contributed by atoms with Crippen molar-refractivity contribution in [2.75, 3.05) is 37.0 Å². The van der Waals surface area contributed by atoms with Crippen molar-refractivity contribution in [1.29, 1.82) is 0 Å². The average Bonchev–Trinajstić information content (AvgIpc) is 3.50. The summed E-state index contributed by atoms with van der Waals surface area (Å²) in [6, 6.07) is 0.404. The van der Waals surface area contributed by atoms with Gasteiger partial charge in [0.15, 0.2) is 0 Å². The zero-order valence-electron chi connectivity index (χ0n) is 20.5. The van der Waals surface area contributed by atoms with Crippen LogP contribution in [-0.2, 0) is 17.7 Å². The lowest BCUT2D eigenvalue weighted by atomic mass is 10.0. The number of fused-ring (bicyclic) bond motifs is 2. The molecule has 6 rings (SSSR count). The first-order valence-corrected chi connectivity index (χ1v) is 12.4. The lowest BCUT2D eigenvalue weighted by Crippen LogP contribution is -2.40. The Hall–Kier alpha value is -3.27. The van der Waals surface area contributed by atoms with Crippen molar-refractivity contribution in [3.63, 3.8) is 0 Å².